The van der Waals surface area contributed by atoms with Crippen LogP contribution in [0.1, 0.15) is 45.4 Å². The monoisotopic (exact) mass is 274 g/mol. The molecule has 0 aromatic rings. The molecule has 0 aromatic carbocycles. The Morgan fingerprint density at radius 3 is 2.78 bits per heavy atom. The summed E-state index contributed by atoms with van der Waals surface area (Å²) in [4.78, 5) is 0. The lowest BCUT2D eigenvalue weighted by atomic mass is 9.81. The van der Waals surface area contributed by atoms with Crippen LogP contribution in [0.3, 0.4) is 0 Å². The summed E-state index contributed by atoms with van der Waals surface area (Å²) in [5.41, 5.74) is 0. The van der Waals surface area contributed by atoms with Gasteiger partial charge in [0, 0.05) is 13.1 Å². The third-order valence-corrected chi connectivity index (χ3v) is 6.24. The molecule has 4 nitrogen and oxygen atoms in total. The molecule has 1 aliphatic carbocycles. The Kier molecular flexibility index (Phi) is 5.04. The van der Waals surface area contributed by atoms with Gasteiger partial charge in [0.15, 0.2) is 0 Å². The standard InChI is InChI=1S/C13H26N2O2S/c1-11-3-2-4-12(9-11)5-8-15-18(16,17)13-6-7-14-10-13/h11-15H,2-10H2,1H3. The van der Waals surface area contributed by atoms with Crippen LogP contribution >= 0.6 is 0 Å². The Morgan fingerprint density at radius 2 is 2.11 bits per heavy atom. The summed E-state index contributed by atoms with van der Waals surface area (Å²) in [5, 5.41) is 2.89. The van der Waals surface area contributed by atoms with E-state index in [2.05, 4.69) is 17.0 Å². The molecule has 0 bridgehead atoms. The number of rotatable bonds is 5. The van der Waals surface area contributed by atoms with Crippen molar-refractivity contribution in [3.05, 3.63) is 0 Å². The Labute approximate surface area is 111 Å². The molecular weight excluding hydrogens is 248 g/mol. The van der Waals surface area contributed by atoms with Gasteiger partial charge in [-0.05, 0) is 37.6 Å². The molecule has 2 aliphatic rings. The predicted molar refractivity (Wildman–Crippen MR) is 73.9 cm³/mol. The van der Waals surface area contributed by atoms with Crippen molar-refractivity contribution < 1.29 is 8.42 Å². The highest BCUT2D eigenvalue weighted by atomic mass is 32.2. The van der Waals surface area contributed by atoms with Crippen molar-refractivity contribution in [3.63, 3.8) is 0 Å². The molecule has 0 radical (unpaired) electrons. The second-order valence-electron chi connectivity index (χ2n) is 5.98. The van der Waals surface area contributed by atoms with E-state index in [0.29, 0.717) is 13.1 Å². The Morgan fingerprint density at radius 1 is 1.28 bits per heavy atom. The molecule has 2 rings (SSSR count). The van der Waals surface area contributed by atoms with Gasteiger partial charge >= 0.3 is 0 Å². The van der Waals surface area contributed by atoms with Crippen LogP contribution < -0.4 is 10.0 Å². The van der Waals surface area contributed by atoms with Crippen molar-refractivity contribution >= 4 is 10.0 Å². The van der Waals surface area contributed by atoms with E-state index in [4.69, 9.17) is 0 Å². The van der Waals surface area contributed by atoms with Crippen LogP contribution in [-0.4, -0.2) is 33.3 Å². The zero-order valence-electron chi connectivity index (χ0n) is 11.3. The quantitative estimate of drug-likeness (QED) is 0.798. The van der Waals surface area contributed by atoms with Gasteiger partial charge < -0.3 is 5.32 Å². The Bertz CT molecular complexity index is 350. The second-order valence-corrected chi connectivity index (χ2v) is 8.03. The number of hydrogen-bond acceptors (Lipinski definition) is 3. The molecule has 1 saturated heterocycles. The van der Waals surface area contributed by atoms with Gasteiger partial charge in [-0.15, -0.1) is 0 Å². The number of hydrogen-bond donors (Lipinski definition) is 2. The summed E-state index contributed by atoms with van der Waals surface area (Å²) < 4.78 is 26.8. The minimum absolute atomic E-state index is 0.220. The van der Waals surface area contributed by atoms with Crippen molar-refractivity contribution in [2.45, 2.75) is 50.7 Å². The second kappa shape index (κ2) is 6.35. The van der Waals surface area contributed by atoms with Crippen molar-refractivity contribution in [3.8, 4) is 0 Å². The van der Waals surface area contributed by atoms with Crippen molar-refractivity contribution in [1.29, 1.82) is 0 Å². The minimum Gasteiger partial charge on any atom is -0.315 e. The molecular formula is C13H26N2O2S. The first kappa shape index (κ1) is 14.3. The smallest absolute Gasteiger partial charge is 0.215 e. The summed E-state index contributed by atoms with van der Waals surface area (Å²) in [6.07, 6.45) is 6.95. The van der Waals surface area contributed by atoms with Crippen LogP contribution in [0.15, 0.2) is 0 Å². The molecule has 106 valence electrons. The average molecular weight is 274 g/mol. The molecule has 0 amide bonds. The summed E-state index contributed by atoms with van der Waals surface area (Å²) in [5.74, 6) is 1.54. The third kappa shape index (κ3) is 3.93. The summed E-state index contributed by atoms with van der Waals surface area (Å²) in [6, 6.07) is 0. The molecule has 2 fully saturated rings. The van der Waals surface area contributed by atoms with E-state index in [1.165, 1.54) is 25.7 Å². The molecule has 3 atom stereocenters. The van der Waals surface area contributed by atoms with Crippen molar-refractivity contribution in [2.75, 3.05) is 19.6 Å². The van der Waals surface area contributed by atoms with Crippen molar-refractivity contribution in [2.24, 2.45) is 11.8 Å². The number of nitrogens with one attached hydrogen (secondary N) is 2. The summed E-state index contributed by atoms with van der Waals surface area (Å²) in [7, 11) is -3.09. The normalized spacial score (nSPS) is 33.7. The number of sulfonamides is 1. The lowest BCUT2D eigenvalue weighted by molar-refractivity contribution is 0.271. The third-order valence-electron chi connectivity index (χ3n) is 4.35. The summed E-state index contributed by atoms with van der Waals surface area (Å²) in [6.45, 7) is 4.36. The van der Waals surface area contributed by atoms with Crippen LogP contribution in [0.2, 0.25) is 0 Å². The lowest BCUT2D eigenvalue weighted by Gasteiger charge is -2.26. The molecule has 1 saturated carbocycles. The van der Waals surface area contributed by atoms with Gasteiger partial charge in [-0.25, -0.2) is 13.1 Å². The molecule has 1 aliphatic heterocycles. The van der Waals surface area contributed by atoms with Gasteiger partial charge in [0.1, 0.15) is 0 Å². The largest absolute Gasteiger partial charge is 0.315 e. The maximum Gasteiger partial charge on any atom is 0.215 e. The SMILES string of the molecule is CC1CCCC(CCNS(=O)(=O)C2CCNC2)C1. The first-order valence-corrected chi connectivity index (χ1v) is 8.82. The molecule has 0 spiro atoms. The zero-order valence-corrected chi connectivity index (χ0v) is 12.1. The fourth-order valence-electron chi connectivity index (χ4n) is 3.24. The molecule has 3 unspecified atom stereocenters. The first-order chi connectivity index (χ1) is 8.58. The molecule has 1 heterocycles. The van der Waals surface area contributed by atoms with Crippen LogP contribution in [0, 0.1) is 11.8 Å². The van der Waals surface area contributed by atoms with E-state index in [9.17, 15) is 8.42 Å². The van der Waals surface area contributed by atoms with Crippen LogP contribution in [0.5, 0.6) is 0 Å². The predicted octanol–water partition coefficient (Wildman–Crippen LogP) is 1.48. The van der Waals surface area contributed by atoms with E-state index in [0.717, 1.165) is 31.2 Å². The van der Waals surface area contributed by atoms with Gasteiger partial charge in [-0.3, -0.25) is 0 Å². The van der Waals surface area contributed by atoms with E-state index in [-0.39, 0.29) is 5.25 Å². The van der Waals surface area contributed by atoms with Crippen LogP contribution in [0.4, 0.5) is 0 Å². The Hall–Kier alpha value is -0.130. The van der Waals surface area contributed by atoms with Gasteiger partial charge in [0.05, 0.1) is 5.25 Å². The van der Waals surface area contributed by atoms with E-state index >= 15 is 0 Å². The van der Waals surface area contributed by atoms with Gasteiger partial charge in [-0.2, -0.15) is 0 Å². The van der Waals surface area contributed by atoms with E-state index < -0.39 is 10.0 Å². The highest BCUT2D eigenvalue weighted by Crippen LogP contribution is 2.30. The van der Waals surface area contributed by atoms with Crippen molar-refractivity contribution in [1.82, 2.24) is 10.0 Å². The highest BCUT2D eigenvalue weighted by molar-refractivity contribution is 7.90. The maximum absolute atomic E-state index is 12.0. The molecule has 5 heteroatoms. The average Bonchev–Trinajstić information content (AvgIpc) is 2.83. The van der Waals surface area contributed by atoms with E-state index in [1.807, 2.05) is 0 Å². The molecule has 0 aromatic heterocycles. The summed E-state index contributed by atoms with van der Waals surface area (Å²) >= 11 is 0. The zero-order chi connectivity index (χ0) is 13.0. The fraction of sp³-hybridized carbons (Fsp3) is 1.00. The fourth-order valence-corrected chi connectivity index (χ4v) is 4.64. The maximum atomic E-state index is 12.0. The molecule has 18 heavy (non-hydrogen) atoms. The van der Waals surface area contributed by atoms with Gasteiger partial charge in [0.2, 0.25) is 10.0 Å². The van der Waals surface area contributed by atoms with Gasteiger partial charge in [-0.1, -0.05) is 26.2 Å². The molecule has 2 N–H and O–H groups in total. The van der Waals surface area contributed by atoms with Crippen LogP contribution in [0.25, 0.3) is 0 Å². The highest BCUT2D eigenvalue weighted by Gasteiger charge is 2.28. The van der Waals surface area contributed by atoms with Crippen LogP contribution in [-0.2, 0) is 10.0 Å². The lowest BCUT2D eigenvalue weighted by Crippen LogP contribution is -2.36. The van der Waals surface area contributed by atoms with Gasteiger partial charge in [0.25, 0.3) is 0 Å². The first-order valence-electron chi connectivity index (χ1n) is 7.27. The minimum atomic E-state index is -3.09. The topological polar surface area (TPSA) is 58.2 Å². The van der Waals surface area contributed by atoms with E-state index in [1.54, 1.807) is 0 Å². The Balaban J connectivity index is 1.71.